The summed E-state index contributed by atoms with van der Waals surface area (Å²) in [5, 5.41) is 3.42. The van der Waals surface area contributed by atoms with Crippen LogP contribution in [0.4, 0.5) is 0 Å². The molecule has 0 fully saturated rings. The van der Waals surface area contributed by atoms with Crippen LogP contribution in [0.5, 0.6) is 0 Å². The lowest BCUT2D eigenvalue weighted by atomic mass is 10.0. The molecule has 0 aliphatic heterocycles. The van der Waals surface area contributed by atoms with E-state index in [1.165, 1.54) is 0 Å². The first kappa shape index (κ1) is 12.9. The summed E-state index contributed by atoms with van der Waals surface area (Å²) < 4.78 is 0. The highest BCUT2D eigenvalue weighted by atomic mass is 15.2. The molecule has 1 atom stereocenters. The van der Waals surface area contributed by atoms with E-state index in [-0.39, 0.29) is 0 Å². The molecule has 0 rings (SSSR count). The van der Waals surface area contributed by atoms with Crippen molar-refractivity contribution in [2.24, 2.45) is 5.92 Å². The van der Waals surface area contributed by atoms with Crippen molar-refractivity contribution in [1.29, 1.82) is 0 Å². The molecule has 0 aromatic rings. The molecule has 2 heteroatoms. The first-order valence-electron chi connectivity index (χ1n) is 5.43. The normalized spacial score (nSPS) is 14.5. The van der Waals surface area contributed by atoms with Crippen LogP contribution in [0.3, 0.4) is 0 Å². The Morgan fingerprint density at radius 3 is 2.00 bits per heavy atom. The minimum atomic E-state index is 0.631. The molecular formula is C11H26N2. The van der Waals surface area contributed by atoms with E-state index in [0.29, 0.717) is 18.0 Å². The number of nitrogens with zero attached hydrogens (tertiary/aromatic N) is 1. The fourth-order valence-corrected chi connectivity index (χ4v) is 1.53. The Morgan fingerprint density at radius 2 is 1.69 bits per heavy atom. The molecule has 80 valence electrons. The number of rotatable bonds is 6. The van der Waals surface area contributed by atoms with Gasteiger partial charge in [-0.25, -0.2) is 0 Å². The quantitative estimate of drug-likeness (QED) is 0.682. The van der Waals surface area contributed by atoms with Gasteiger partial charge in [0, 0.05) is 18.6 Å². The van der Waals surface area contributed by atoms with Crippen LogP contribution in [0.1, 0.15) is 34.6 Å². The van der Waals surface area contributed by atoms with E-state index in [1.54, 1.807) is 0 Å². The molecule has 0 amide bonds. The van der Waals surface area contributed by atoms with Gasteiger partial charge in [-0.05, 0) is 33.4 Å². The molecule has 0 saturated carbocycles. The molecule has 0 spiro atoms. The highest BCUT2D eigenvalue weighted by Gasteiger charge is 2.19. The molecule has 0 aromatic heterocycles. The third-order valence-corrected chi connectivity index (χ3v) is 2.71. The predicted octanol–water partition coefficient (Wildman–Crippen LogP) is 1.96. The third-order valence-electron chi connectivity index (χ3n) is 2.71. The maximum atomic E-state index is 3.42. The standard InChI is InChI=1S/C11H26N2/c1-7-12-8-11(9(2)3)13(6)10(4)5/h9-12H,7-8H2,1-6H3. The van der Waals surface area contributed by atoms with Crippen molar-refractivity contribution in [3.05, 3.63) is 0 Å². The fraction of sp³-hybridized carbons (Fsp3) is 1.00. The Labute approximate surface area is 83.7 Å². The van der Waals surface area contributed by atoms with Crippen molar-refractivity contribution in [2.75, 3.05) is 20.1 Å². The summed E-state index contributed by atoms with van der Waals surface area (Å²) in [6.45, 7) is 13.4. The Morgan fingerprint density at radius 1 is 1.15 bits per heavy atom. The molecule has 0 aliphatic carbocycles. The molecule has 2 nitrogen and oxygen atoms in total. The zero-order valence-corrected chi connectivity index (χ0v) is 10.1. The van der Waals surface area contributed by atoms with Gasteiger partial charge in [-0.3, -0.25) is 4.90 Å². The van der Waals surface area contributed by atoms with Crippen LogP contribution < -0.4 is 5.32 Å². The van der Waals surface area contributed by atoms with E-state index in [1.807, 2.05) is 0 Å². The van der Waals surface area contributed by atoms with E-state index in [4.69, 9.17) is 0 Å². The van der Waals surface area contributed by atoms with Gasteiger partial charge < -0.3 is 5.32 Å². The highest BCUT2D eigenvalue weighted by molar-refractivity contribution is 4.76. The number of hydrogen-bond donors (Lipinski definition) is 1. The van der Waals surface area contributed by atoms with Gasteiger partial charge in [0.15, 0.2) is 0 Å². The van der Waals surface area contributed by atoms with Crippen molar-refractivity contribution >= 4 is 0 Å². The van der Waals surface area contributed by atoms with Crippen molar-refractivity contribution in [1.82, 2.24) is 10.2 Å². The topological polar surface area (TPSA) is 15.3 Å². The van der Waals surface area contributed by atoms with Crippen LogP contribution in [-0.4, -0.2) is 37.1 Å². The number of hydrogen-bond acceptors (Lipinski definition) is 2. The minimum Gasteiger partial charge on any atom is -0.315 e. The van der Waals surface area contributed by atoms with Gasteiger partial charge in [0.2, 0.25) is 0 Å². The van der Waals surface area contributed by atoms with E-state index >= 15 is 0 Å². The second-order valence-corrected chi connectivity index (χ2v) is 4.38. The largest absolute Gasteiger partial charge is 0.315 e. The van der Waals surface area contributed by atoms with Crippen molar-refractivity contribution in [3.8, 4) is 0 Å². The lowest BCUT2D eigenvalue weighted by Crippen LogP contribution is -2.46. The molecule has 0 radical (unpaired) electrons. The maximum absolute atomic E-state index is 3.42. The molecule has 0 saturated heterocycles. The number of nitrogens with one attached hydrogen (secondary N) is 1. The van der Waals surface area contributed by atoms with E-state index in [0.717, 1.165) is 13.1 Å². The van der Waals surface area contributed by atoms with Gasteiger partial charge in [-0.1, -0.05) is 20.8 Å². The van der Waals surface area contributed by atoms with Crippen molar-refractivity contribution in [3.63, 3.8) is 0 Å². The smallest absolute Gasteiger partial charge is 0.0243 e. The maximum Gasteiger partial charge on any atom is 0.0243 e. The third kappa shape index (κ3) is 4.63. The van der Waals surface area contributed by atoms with Gasteiger partial charge in [0.05, 0.1) is 0 Å². The van der Waals surface area contributed by atoms with E-state index in [9.17, 15) is 0 Å². The minimum absolute atomic E-state index is 0.631. The van der Waals surface area contributed by atoms with Crippen LogP contribution in [0.15, 0.2) is 0 Å². The monoisotopic (exact) mass is 186 g/mol. The van der Waals surface area contributed by atoms with Gasteiger partial charge >= 0.3 is 0 Å². The average molecular weight is 186 g/mol. The first-order valence-corrected chi connectivity index (χ1v) is 5.43. The Kier molecular flexibility index (Phi) is 6.35. The van der Waals surface area contributed by atoms with Crippen LogP contribution in [0.2, 0.25) is 0 Å². The molecule has 0 bridgehead atoms. The van der Waals surface area contributed by atoms with E-state index < -0.39 is 0 Å². The van der Waals surface area contributed by atoms with Gasteiger partial charge in [0.25, 0.3) is 0 Å². The van der Waals surface area contributed by atoms with Gasteiger partial charge in [-0.15, -0.1) is 0 Å². The van der Waals surface area contributed by atoms with Crippen LogP contribution in [0.25, 0.3) is 0 Å². The zero-order valence-electron chi connectivity index (χ0n) is 10.1. The first-order chi connectivity index (χ1) is 6.00. The van der Waals surface area contributed by atoms with Crippen LogP contribution in [-0.2, 0) is 0 Å². The summed E-state index contributed by atoms with van der Waals surface area (Å²) in [4.78, 5) is 2.45. The Bertz CT molecular complexity index is 121. The number of likely N-dealkylation sites (N-methyl/N-ethyl adjacent to an activating group) is 2. The van der Waals surface area contributed by atoms with E-state index in [2.05, 4.69) is 51.9 Å². The predicted molar refractivity (Wildman–Crippen MR) is 60.1 cm³/mol. The lowest BCUT2D eigenvalue weighted by Gasteiger charge is -2.34. The molecule has 13 heavy (non-hydrogen) atoms. The molecule has 1 N–H and O–H groups in total. The summed E-state index contributed by atoms with van der Waals surface area (Å²) >= 11 is 0. The Hall–Kier alpha value is -0.0800. The van der Waals surface area contributed by atoms with Gasteiger partial charge in [0.1, 0.15) is 0 Å². The highest BCUT2D eigenvalue weighted by Crippen LogP contribution is 2.10. The van der Waals surface area contributed by atoms with Crippen molar-refractivity contribution < 1.29 is 0 Å². The molecule has 1 unspecified atom stereocenters. The second kappa shape index (κ2) is 6.39. The SMILES string of the molecule is CCNCC(C(C)C)N(C)C(C)C. The summed E-state index contributed by atoms with van der Waals surface area (Å²) in [5.74, 6) is 0.714. The summed E-state index contributed by atoms with van der Waals surface area (Å²) in [6.07, 6.45) is 0. The Balaban J connectivity index is 4.07. The van der Waals surface area contributed by atoms with Crippen molar-refractivity contribution in [2.45, 2.75) is 46.7 Å². The average Bonchev–Trinajstić information content (AvgIpc) is 2.04. The summed E-state index contributed by atoms with van der Waals surface area (Å²) in [6, 6.07) is 1.28. The van der Waals surface area contributed by atoms with Crippen LogP contribution in [0, 0.1) is 5.92 Å². The summed E-state index contributed by atoms with van der Waals surface area (Å²) in [5.41, 5.74) is 0. The zero-order chi connectivity index (χ0) is 10.4. The fourth-order valence-electron chi connectivity index (χ4n) is 1.53. The molecule has 0 heterocycles. The molecular weight excluding hydrogens is 160 g/mol. The second-order valence-electron chi connectivity index (χ2n) is 4.38. The summed E-state index contributed by atoms with van der Waals surface area (Å²) in [7, 11) is 2.21. The molecule has 0 aromatic carbocycles. The van der Waals surface area contributed by atoms with Crippen LogP contribution >= 0.6 is 0 Å². The lowest BCUT2D eigenvalue weighted by molar-refractivity contribution is 0.151. The van der Waals surface area contributed by atoms with Gasteiger partial charge in [-0.2, -0.15) is 0 Å². The molecule has 0 aliphatic rings.